The number of carbonyl (C=O) groups is 1. The molecule has 1 unspecified atom stereocenters. The van der Waals surface area contributed by atoms with Gasteiger partial charge in [0.1, 0.15) is 12.4 Å². The Bertz CT molecular complexity index is 1550. The van der Waals surface area contributed by atoms with Crippen LogP contribution in [0.2, 0.25) is 0 Å². The molecule has 2 aromatic carbocycles. The van der Waals surface area contributed by atoms with Crippen molar-refractivity contribution < 1.29 is 13.4 Å². The molecule has 8 heteroatoms. The number of hydrogen-bond acceptors (Lipinski definition) is 4. The smallest absolute Gasteiger partial charge is 0.240 e. The largest absolute Gasteiger partial charge is 0.349 e. The highest BCUT2D eigenvalue weighted by atomic mass is 32.2. The molecule has 3 heterocycles. The molecule has 0 bridgehead atoms. The monoisotopic (exact) mass is 498 g/mol. The lowest BCUT2D eigenvalue weighted by atomic mass is 10.1. The van der Waals surface area contributed by atoms with E-state index >= 15 is 0 Å². The van der Waals surface area contributed by atoms with Crippen LogP contribution in [0.1, 0.15) is 5.69 Å². The van der Waals surface area contributed by atoms with Gasteiger partial charge in [-0.05, 0) is 60.2 Å². The van der Waals surface area contributed by atoms with Crippen LogP contribution in [-0.2, 0) is 28.7 Å². The van der Waals surface area contributed by atoms with Crippen molar-refractivity contribution in [1.29, 1.82) is 0 Å². The van der Waals surface area contributed by atoms with Crippen LogP contribution in [0.15, 0.2) is 96.2 Å². The number of aromatic nitrogens is 3. The van der Waals surface area contributed by atoms with Gasteiger partial charge < -0.3 is 9.88 Å². The molecular formula is C28H23FN4O2S. The maximum atomic E-state index is 13.8. The zero-order chi connectivity index (χ0) is 25.1. The Morgan fingerprint density at radius 3 is 2.47 bits per heavy atom. The topological polar surface area (TPSA) is 76.9 Å². The summed E-state index contributed by atoms with van der Waals surface area (Å²) >= 11 is 0. The molecule has 1 N–H and O–H groups in total. The molecule has 6 nitrogen and oxygen atoms in total. The molecule has 1 amide bonds. The summed E-state index contributed by atoms with van der Waals surface area (Å²) < 4.78 is 27.2. The molecule has 0 aliphatic rings. The molecule has 0 radical (unpaired) electrons. The minimum Gasteiger partial charge on any atom is -0.349 e. The first-order chi connectivity index (χ1) is 17.5. The van der Waals surface area contributed by atoms with Crippen LogP contribution >= 0.6 is 0 Å². The summed E-state index contributed by atoms with van der Waals surface area (Å²) in [6.45, 7) is 0.337. The van der Waals surface area contributed by atoms with Gasteiger partial charge in [-0.1, -0.05) is 24.3 Å². The summed E-state index contributed by atoms with van der Waals surface area (Å²) in [4.78, 5) is 22.5. The van der Waals surface area contributed by atoms with Crippen LogP contribution in [0.5, 0.6) is 0 Å². The van der Waals surface area contributed by atoms with Crippen LogP contribution in [0.25, 0.3) is 33.4 Å². The second-order valence-corrected chi connectivity index (χ2v) is 9.71. The summed E-state index contributed by atoms with van der Waals surface area (Å²) in [6.07, 6.45) is 5.09. The summed E-state index contributed by atoms with van der Waals surface area (Å²) in [7, 11) is -1.02. The van der Waals surface area contributed by atoms with Gasteiger partial charge in [0.05, 0.1) is 23.6 Å². The van der Waals surface area contributed by atoms with E-state index in [0.717, 1.165) is 32.9 Å². The summed E-state index contributed by atoms with van der Waals surface area (Å²) in [5.41, 5.74) is 4.84. The molecule has 0 aliphatic carbocycles. The Kier molecular flexibility index (Phi) is 6.69. The molecule has 0 saturated carbocycles. The van der Waals surface area contributed by atoms with Gasteiger partial charge in [-0.2, -0.15) is 0 Å². The molecule has 0 saturated heterocycles. The Morgan fingerprint density at radius 2 is 1.78 bits per heavy atom. The van der Waals surface area contributed by atoms with Crippen LogP contribution in [0, 0.1) is 5.82 Å². The quantitative estimate of drug-likeness (QED) is 0.344. The van der Waals surface area contributed by atoms with E-state index in [2.05, 4.69) is 15.3 Å². The van der Waals surface area contributed by atoms with Crippen molar-refractivity contribution in [2.24, 2.45) is 0 Å². The maximum absolute atomic E-state index is 13.8. The normalized spacial score (nSPS) is 11.9. The van der Waals surface area contributed by atoms with Gasteiger partial charge in [0, 0.05) is 50.8 Å². The molecule has 36 heavy (non-hydrogen) atoms. The van der Waals surface area contributed by atoms with Crippen molar-refractivity contribution >= 4 is 27.6 Å². The highest BCUT2D eigenvalue weighted by Crippen LogP contribution is 2.27. The van der Waals surface area contributed by atoms with Crippen molar-refractivity contribution in [1.82, 2.24) is 19.9 Å². The first-order valence-corrected chi connectivity index (χ1v) is 12.9. The van der Waals surface area contributed by atoms with Crippen molar-refractivity contribution in [2.75, 3.05) is 6.26 Å². The molecule has 0 aliphatic heterocycles. The molecule has 1 atom stereocenters. The van der Waals surface area contributed by atoms with Crippen LogP contribution in [-0.4, -0.2) is 30.9 Å². The fourth-order valence-electron chi connectivity index (χ4n) is 4.07. The van der Waals surface area contributed by atoms with Gasteiger partial charge in [0.15, 0.2) is 0 Å². The van der Waals surface area contributed by atoms with Gasteiger partial charge in [-0.3, -0.25) is 19.0 Å². The highest BCUT2D eigenvalue weighted by Gasteiger charge is 2.15. The number of hydrogen-bond donors (Lipinski definition) is 1. The third-order valence-corrected chi connectivity index (χ3v) is 6.84. The van der Waals surface area contributed by atoms with Crippen LogP contribution < -0.4 is 5.32 Å². The molecular weight excluding hydrogens is 475 g/mol. The predicted molar refractivity (Wildman–Crippen MR) is 139 cm³/mol. The molecule has 3 aromatic heterocycles. The van der Waals surface area contributed by atoms with E-state index in [1.54, 1.807) is 24.7 Å². The van der Waals surface area contributed by atoms with E-state index < -0.39 is 10.8 Å². The third-order valence-electron chi connectivity index (χ3n) is 5.90. The van der Waals surface area contributed by atoms with E-state index in [9.17, 15) is 13.4 Å². The number of nitrogens with zero attached hydrogens (tertiary/aromatic N) is 3. The van der Waals surface area contributed by atoms with Gasteiger partial charge >= 0.3 is 0 Å². The zero-order valence-corrected chi connectivity index (χ0v) is 20.3. The molecule has 5 rings (SSSR count). The van der Waals surface area contributed by atoms with E-state index in [-0.39, 0.29) is 24.8 Å². The number of fused-ring (bicyclic) bond motifs is 1. The average Bonchev–Trinajstić information content (AvgIpc) is 3.25. The Morgan fingerprint density at radius 1 is 0.972 bits per heavy atom. The number of amides is 1. The van der Waals surface area contributed by atoms with E-state index in [4.69, 9.17) is 0 Å². The lowest BCUT2D eigenvalue weighted by molar-refractivity contribution is -0.121. The number of rotatable bonds is 7. The maximum Gasteiger partial charge on any atom is 0.240 e. The second-order valence-electron chi connectivity index (χ2n) is 8.33. The standard InChI is InChI=1S/C28H23FN4O2S/c1-36(35)24-10-6-19(7-11-24)20-5-9-23(31-16-20)17-32-28(34)18-33-26-12-8-22(29)14-21(26)15-27(33)25-4-2-3-13-30-25/h2-16H,17-18H2,1H3,(H,32,34). The number of nitrogens with one attached hydrogen (secondary N) is 1. The van der Waals surface area contributed by atoms with Crippen molar-refractivity contribution in [3.8, 4) is 22.5 Å². The van der Waals surface area contributed by atoms with Crippen LogP contribution in [0.4, 0.5) is 4.39 Å². The highest BCUT2D eigenvalue weighted by molar-refractivity contribution is 7.84. The molecule has 0 fully saturated rings. The molecule has 0 spiro atoms. The minimum atomic E-state index is -1.02. The average molecular weight is 499 g/mol. The summed E-state index contributed by atoms with van der Waals surface area (Å²) in [6, 6.07) is 23.3. The Balaban J connectivity index is 1.29. The Labute approximate surface area is 210 Å². The first kappa shape index (κ1) is 23.6. The lowest BCUT2D eigenvalue weighted by Crippen LogP contribution is -2.27. The number of pyridine rings is 2. The van der Waals surface area contributed by atoms with E-state index in [1.165, 1.54) is 12.1 Å². The SMILES string of the molecule is CS(=O)c1ccc(-c2ccc(CNC(=O)Cn3c(-c4ccccn4)cc4cc(F)ccc43)nc2)cc1. The minimum absolute atomic E-state index is 0.0598. The second kappa shape index (κ2) is 10.2. The van der Waals surface area contributed by atoms with Crippen molar-refractivity contribution in [2.45, 2.75) is 18.0 Å². The number of carbonyl (C=O) groups excluding carboxylic acids is 1. The van der Waals surface area contributed by atoms with Gasteiger partial charge in [-0.15, -0.1) is 0 Å². The zero-order valence-electron chi connectivity index (χ0n) is 19.5. The fourth-order valence-corrected chi connectivity index (χ4v) is 4.59. The summed E-state index contributed by atoms with van der Waals surface area (Å²) in [5, 5.41) is 3.63. The van der Waals surface area contributed by atoms with Crippen molar-refractivity contribution in [3.63, 3.8) is 0 Å². The van der Waals surface area contributed by atoms with Crippen molar-refractivity contribution in [3.05, 3.63) is 103 Å². The van der Waals surface area contributed by atoms with E-state index in [0.29, 0.717) is 11.1 Å². The van der Waals surface area contributed by atoms with E-state index in [1.807, 2.05) is 65.2 Å². The van der Waals surface area contributed by atoms with Gasteiger partial charge in [0.25, 0.3) is 0 Å². The number of halogens is 1. The Hall–Kier alpha value is -4.17. The van der Waals surface area contributed by atoms with Gasteiger partial charge in [-0.25, -0.2) is 4.39 Å². The third kappa shape index (κ3) is 5.08. The number of benzene rings is 2. The fraction of sp³-hybridized carbons (Fsp3) is 0.107. The van der Waals surface area contributed by atoms with Crippen LogP contribution in [0.3, 0.4) is 0 Å². The summed E-state index contributed by atoms with van der Waals surface area (Å²) in [5.74, 6) is -0.523. The predicted octanol–water partition coefficient (Wildman–Crippen LogP) is 4.96. The lowest BCUT2D eigenvalue weighted by Gasteiger charge is -2.11. The molecule has 5 aromatic rings. The first-order valence-electron chi connectivity index (χ1n) is 11.3. The molecule has 180 valence electrons. The van der Waals surface area contributed by atoms with Gasteiger partial charge in [0.2, 0.25) is 5.91 Å².